The van der Waals surface area contributed by atoms with Gasteiger partial charge in [-0.2, -0.15) is 0 Å². The van der Waals surface area contributed by atoms with Crippen molar-refractivity contribution < 1.29 is 9.59 Å². The number of ketones is 2. The monoisotopic (exact) mass is 420 g/mol. The summed E-state index contributed by atoms with van der Waals surface area (Å²) in [6.45, 7) is 0.635. The Morgan fingerprint density at radius 3 is 2.11 bits per heavy atom. The van der Waals surface area contributed by atoms with Gasteiger partial charge in [0.2, 0.25) is 0 Å². The fourth-order valence-corrected chi connectivity index (χ4v) is 3.84. The summed E-state index contributed by atoms with van der Waals surface area (Å²) in [4.78, 5) is 26.1. The molecule has 5 heteroatoms. The molecule has 3 aromatic carbocycles. The van der Waals surface area contributed by atoms with Crippen LogP contribution in [0, 0.1) is 0 Å². The molecule has 0 saturated carbocycles. The van der Waals surface area contributed by atoms with E-state index in [4.69, 9.17) is 5.73 Å². The Hall–Kier alpha value is -2.92. The van der Waals surface area contributed by atoms with Gasteiger partial charge in [0.25, 0.3) is 0 Å². The second kappa shape index (κ2) is 7.00. The number of nitrogens with one attached hydrogen (secondary N) is 1. The fraction of sp³-hybridized carbons (Fsp3) is 0.0909. The highest BCUT2D eigenvalue weighted by Gasteiger charge is 2.34. The summed E-state index contributed by atoms with van der Waals surface area (Å²) in [5.74, 6) is -0.397. The molecule has 134 valence electrons. The number of fused-ring (bicyclic) bond motifs is 2. The van der Waals surface area contributed by atoms with E-state index in [1.54, 1.807) is 30.3 Å². The normalized spacial score (nSPS) is 12.5. The number of benzene rings is 3. The Morgan fingerprint density at radius 2 is 1.44 bits per heavy atom. The summed E-state index contributed by atoms with van der Waals surface area (Å²) in [5, 5.41) is 3.31. The second-order valence-corrected chi connectivity index (χ2v) is 7.29. The number of carbonyl (C=O) groups excluding carboxylic acids is 2. The highest BCUT2D eigenvalue weighted by molar-refractivity contribution is 9.10. The molecule has 0 unspecified atom stereocenters. The fourth-order valence-electron chi connectivity index (χ4n) is 3.41. The molecule has 0 bridgehead atoms. The number of nitrogen functional groups attached to an aromatic ring is 1. The SMILES string of the molecule is Nc1c(Br)cc(NCCc2ccccc2)c2c1C(=O)c1ccccc1C2=O. The Morgan fingerprint density at radius 1 is 0.852 bits per heavy atom. The third kappa shape index (κ3) is 3.04. The Balaban J connectivity index is 1.73. The first-order valence-corrected chi connectivity index (χ1v) is 9.45. The minimum absolute atomic E-state index is 0.179. The Kier molecular flexibility index (Phi) is 4.54. The molecule has 4 nitrogen and oxygen atoms in total. The van der Waals surface area contributed by atoms with Gasteiger partial charge in [0.05, 0.1) is 16.8 Å². The summed E-state index contributed by atoms with van der Waals surface area (Å²) in [5.41, 5.74) is 9.71. The first kappa shape index (κ1) is 17.5. The predicted octanol–water partition coefficient (Wildman–Crippen LogP) is 4.46. The molecule has 0 saturated heterocycles. The van der Waals surface area contributed by atoms with Gasteiger partial charge in [0.15, 0.2) is 11.6 Å². The summed E-state index contributed by atoms with van der Waals surface area (Å²) in [7, 11) is 0. The van der Waals surface area contributed by atoms with Gasteiger partial charge >= 0.3 is 0 Å². The van der Waals surface area contributed by atoms with Crippen LogP contribution < -0.4 is 11.1 Å². The molecule has 3 N–H and O–H groups in total. The standard InChI is InChI=1S/C22H17BrN2O2/c23-16-12-17(25-11-10-13-6-2-1-3-7-13)18-19(20(16)24)22(27)15-9-5-4-8-14(15)21(18)26/h1-9,12,25H,10-11,24H2. The van der Waals surface area contributed by atoms with Crippen molar-refractivity contribution in [1.82, 2.24) is 0 Å². The summed E-state index contributed by atoms with van der Waals surface area (Å²) < 4.78 is 0.601. The maximum atomic E-state index is 13.1. The van der Waals surface area contributed by atoms with E-state index < -0.39 is 0 Å². The van der Waals surface area contributed by atoms with E-state index in [2.05, 4.69) is 33.4 Å². The molecule has 0 amide bonds. The molecular formula is C22H17BrN2O2. The molecule has 1 aliphatic rings. The highest BCUT2D eigenvalue weighted by atomic mass is 79.9. The Bertz CT molecular complexity index is 1060. The predicted molar refractivity (Wildman–Crippen MR) is 110 cm³/mol. The molecule has 4 rings (SSSR count). The van der Waals surface area contributed by atoms with Crippen LogP contribution in [-0.4, -0.2) is 18.1 Å². The van der Waals surface area contributed by atoms with Gasteiger partial charge in [-0.1, -0.05) is 54.6 Å². The van der Waals surface area contributed by atoms with Gasteiger partial charge in [0, 0.05) is 27.8 Å². The maximum absolute atomic E-state index is 13.1. The number of rotatable bonds is 4. The quantitative estimate of drug-likeness (QED) is 0.478. The lowest BCUT2D eigenvalue weighted by Gasteiger charge is -2.23. The van der Waals surface area contributed by atoms with E-state index in [0.717, 1.165) is 6.42 Å². The van der Waals surface area contributed by atoms with Gasteiger partial charge in [0.1, 0.15) is 0 Å². The third-order valence-corrected chi connectivity index (χ3v) is 5.42. The molecule has 0 radical (unpaired) electrons. The first-order valence-electron chi connectivity index (χ1n) is 8.66. The number of hydrogen-bond acceptors (Lipinski definition) is 4. The molecule has 27 heavy (non-hydrogen) atoms. The largest absolute Gasteiger partial charge is 0.397 e. The number of carbonyl (C=O) groups is 2. The number of anilines is 2. The molecule has 0 aromatic heterocycles. The van der Waals surface area contributed by atoms with Crippen molar-refractivity contribution in [2.45, 2.75) is 6.42 Å². The van der Waals surface area contributed by atoms with Crippen molar-refractivity contribution in [3.8, 4) is 0 Å². The van der Waals surface area contributed by atoms with E-state index in [9.17, 15) is 9.59 Å². The van der Waals surface area contributed by atoms with Gasteiger partial charge in [-0.25, -0.2) is 0 Å². The van der Waals surface area contributed by atoms with Gasteiger partial charge < -0.3 is 11.1 Å². The van der Waals surface area contributed by atoms with Crippen molar-refractivity contribution in [2.75, 3.05) is 17.6 Å². The van der Waals surface area contributed by atoms with E-state index in [-0.39, 0.29) is 17.1 Å². The van der Waals surface area contributed by atoms with E-state index >= 15 is 0 Å². The van der Waals surface area contributed by atoms with Crippen molar-refractivity contribution >= 4 is 38.9 Å². The minimum atomic E-state index is -0.217. The van der Waals surface area contributed by atoms with Crippen molar-refractivity contribution in [2.24, 2.45) is 0 Å². The molecule has 0 spiro atoms. The maximum Gasteiger partial charge on any atom is 0.196 e. The van der Waals surface area contributed by atoms with Crippen LogP contribution in [0.1, 0.15) is 37.4 Å². The lowest BCUT2D eigenvalue weighted by atomic mass is 9.82. The van der Waals surface area contributed by atoms with Crippen LogP contribution in [0.5, 0.6) is 0 Å². The smallest absolute Gasteiger partial charge is 0.196 e. The second-order valence-electron chi connectivity index (χ2n) is 6.44. The van der Waals surface area contributed by atoms with E-state index in [0.29, 0.717) is 39.1 Å². The van der Waals surface area contributed by atoms with Gasteiger partial charge in [-0.3, -0.25) is 9.59 Å². The number of nitrogens with two attached hydrogens (primary N) is 1. The topological polar surface area (TPSA) is 72.2 Å². The van der Waals surface area contributed by atoms with Crippen LogP contribution in [-0.2, 0) is 6.42 Å². The average Bonchev–Trinajstić information content (AvgIpc) is 2.69. The minimum Gasteiger partial charge on any atom is -0.397 e. The summed E-state index contributed by atoms with van der Waals surface area (Å²) in [6, 6.07) is 18.7. The molecule has 0 heterocycles. The summed E-state index contributed by atoms with van der Waals surface area (Å²) in [6.07, 6.45) is 0.802. The lowest BCUT2D eigenvalue weighted by Crippen LogP contribution is -2.24. The van der Waals surface area contributed by atoms with Crippen LogP contribution in [0.2, 0.25) is 0 Å². The van der Waals surface area contributed by atoms with Crippen molar-refractivity contribution in [3.05, 3.63) is 93.0 Å². The number of halogens is 1. The lowest BCUT2D eigenvalue weighted by molar-refractivity contribution is 0.0980. The van der Waals surface area contributed by atoms with E-state index in [1.165, 1.54) is 5.56 Å². The van der Waals surface area contributed by atoms with Crippen molar-refractivity contribution in [3.63, 3.8) is 0 Å². The summed E-state index contributed by atoms with van der Waals surface area (Å²) >= 11 is 3.42. The zero-order valence-electron chi connectivity index (χ0n) is 14.5. The molecule has 3 aromatic rings. The average molecular weight is 421 g/mol. The molecule has 0 aliphatic heterocycles. The highest BCUT2D eigenvalue weighted by Crippen LogP contribution is 2.39. The zero-order chi connectivity index (χ0) is 19.0. The van der Waals surface area contributed by atoms with Crippen LogP contribution in [0.15, 0.2) is 65.1 Å². The Labute approximate surface area is 165 Å². The third-order valence-electron chi connectivity index (χ3n) is 4.76. The van der Waals surface area contributed by atoms with Gasteiger partial charge in [-0.05, 0) is 34.0 Å². The van der Waals surface area contributed by atoms with Crippen LogP contribution in [0.25, 0.3) is 0 Å². The first-order chi connectivity index (χ1) is 13.1. The van der Waals surface area contributed by atoms with E-state index in [1.807, 2.05) is 18.2 Å². The molecule has 1 aliphatic carbocycles. The molecule has 0 fully saturated rings. The van der Waals surface area contributed by atoms with Crippen LogP contribution in [0.4, 0.5) is 11.4 Å². The number of hydrogen-bond donors (Lipinski definition) is 2. The molecule has 0 atom stereocenters. The van der Waals surface area contributed by atoms with Crippen LogP contribution >= 0.6 is 15.9 Å². The molecular weight excluding hydrogens is 404 g/mol. The zero-order valence-corrected chi connectivity index (χ0v) is 16.0. The van der Waals surface area contributed by atoms with Gasteiger partial charge in [-0.15, -0.1) is 0 Å². The van der Waals surface area contributed by atoms with Crippen molar-refractivity contribution in [1.29, 1.82) is 0 Å². The van der Waals surface area contributed by atoms with Crippen LogP contribution in [0.3, 0.4) is 0 Å².